The number of nitrogens with one attached hydrogen (secondary N) is 1. The molecule has 0 aliphatic rings. The molecule has 0 atom stereocenters. The van der Waals surface area contributed by atoms with E-state index in [1.165, 1.54) is 6.07 Å². The van der Waals surface area contributed by atoms with Crippen molar-refractivity contribution in [2.75, 3.05) is 4.72 Å². The average Bonchev–Trinajstić information content (AvgIpc) is 2.64. The van der Waals surface area contributed by atoms with E-state index >= 15 is 0 Å². The topological polar surface area (TPSA) is 59.1 Å². The molecule has 2 aromatic heterocycles. The Kier molecular flexibility index (Phi) is 4.09. The second kappa shape index (κ2) is 5.31. The number of aromatic nitrogens is 1. The number of halogens is 4. The molecule has 2 aromatic rings. The lowest BCUT2D eigenvalue weighted by Gasteiger charge is -2.06. The Bertz CT molecular complexity index is 716. The van der Waals surface area contributed by atoms with Crippen LogP contribution < -0.4 is 4.72 Å². The Balaban J connectivity index is 2.36. The van der Waals surface area contributed by atoms with E-state index in [4.69, 9.17) is 11.6 Å². The fraction of sp³-hybridized carbons (Fsp3) is 0. The van der Waals surface area contributed by atoms with Gasteiger partial charge in [-0.3, -0.25) is 4.72 Å². The molecule has 19 heavy (non-hydrogen) atoms. The molecule has 4 nitrogen and oxygen atoms in total. The van der Waals surface area contributed by atoms with Crippen molar-refractivity contribution >= 4 is 54.6 Å². The summed E-state index contributed by atoms with van der Waals surface area (Å²) in [5.41, 5.74) is -0.443. The van der Waals surface area contributed by atoms with Crippen molar-refractivity contribution in [3.05, 3.63) is 38.9 Å². The van der Waals surface area contributed by atoms with Crippen LogP contribution in [0.1, 0.15) is 0 Å². The van der Waals surface area contributed by atoms with Crippen molar-refractivity contribution in [2.24, 2.45) is 0 Å². The van der Waals surface area contributed by atoms with Gasteiger partial charge in [0.2, 0.25) is 11.9 Å². The minimum absolute atomic E-state index is 0.104. The van der Waals surface area contributed by atoms with Crippen molar-refractivity contribution < 1.29 is 17.2 Å². The summed E-state index contributed by atoms with van der Waals surface area (Å²) < 4.78 is 52.1. The minimum Gasteiger partial charge on any atom is -0.274 e. The summed E-state index contributed by atoms with van der Waals surface area (Å²) in [5, 5.41) is 0.225. The largest absolute Gasteiger partial charge is 0.274 e. The maximum Gasteiger partial charge on any atom is 0.271 e. The molecule has 0 spiro atoms. The SMILES string of the molecule is O=S(=O)(Nc1ccc(F)nc1F)c1cc(Cl)c(Br)s1. The molecule has 0 bridgehead atoms. The molecule has 2 heterocycles. The lowest BCUT2D eigenvalue weighted by atomic mass is 10.4. The van der Waals surface area contributed by atoms with E-state index in [1.54, 1.807) is 0 Å². The van der Waals surface area contributed by atoms with Gasteiger partial charge in [0.1, 0.15) is 9.90 Å². The van der Waals surface area contributed by atoms with Crippen molar-refractivity contribution in [1.82, 2.24) is 4.98 Å². The van der Waals surface area contributed by atoms with Crippen molar-refractivity contribution in [1.29, 1.82) is 0 Å². The molecular formula is C9H4BrClF2N2O2S2. The van der Waals surface area contributed by atoms with Crippen LogP contribution >= 0.6 is 38.9 Å². The molecule has 0 saturated heterocycles. The summed E-state index contributed by atoms with van der Waals surface area (Å²) in [6.07, 6.45) is 0. The van der Waals surface area contributed by atoms with Gasteiger partial charge < -0.3 is 0 Å². The zero-order valence-corrected chi connectivity index (χ0v) is 12.8. The van der Waals surface area contributed by atoms with Gasteiger partial charge in [-0.2, -0.15) is 13.8 Å². The maximum absolute atomic E-state index is 13.3. The second-order valence-electron chi connectivity index (χ2n) is 3.26. The highest BCUT2D eigenvalue weighted by Crippen LogP contribution is 2.35. The highest BCUT2D eigenvalue weighted by Gasteiger charge is 2.21. The molecule has 0 aliphatic heterocycles. The third-order valence-electron chi connectivity index (χ3n) is 1.95. The summed E-state index contributed by atoms with van der Waals surface area (Å²) in [7, 11) is -4.00. The normalized spacial score (nSPS) is 11.6. The molecule has 0 fully saturated rings. The van der Waals surface area contributed by atoms with E-state index in [-0.39, 0.29) is 9.23 Å². The Hall–Kier alpha value is -0.770. The number of pyridine rings is 1. The van der Waals surface area contributed by atoms with Gasteiger partial charge in [-0.25, -0.2) is 8.42 Å². The van der Waals surface area contributed by atoms with Crippen LogP contribution in [0.25, 0.3) is 0 Å². The molecule has 0 amide bonds. The van der Waals surface area contributed by atoms with Crippen LogP contribution in [0.4, 0.5) is 14.5 Å². The number of anilines is 1. The summed E-state index contributed by atoms with van der Waals surface area (Å²) in [5.74, 6) is -2.28. The quantitative estimate of drug-likeness (QED) is 0.815. The van der Waals surface area contributed by atoms with Gasteiger partial charge in [0.05, 0.1) is 8.81 Å². The minimum atomic E-state index is -4.00. The molecular weight excluding hydrogens is 386 g/mol. The number of sulfonamides is 1. The number of hydrogen-bond donors (Lipinski definition) is 1. The molecule has 0 aliphatic carbocycles. The van der Waals surface area contributed by atoms with Gasteiger partial charge >= 0.3 is 0 Å². The van der Waals surface area contributed by atoms with E-state index in [2.05, 4.69) is 20.9 Å². The number of nitrogens with zero attached hydrogens (tertiary/aromatic N) is 1. The van der Waals surface area contributed by atoms with Gasteiger partial charge in [0.15, 0.2) is 0 Å². The van der Waals surface area contributed by atoms with E-state index in [0.29, 0.717) is 3.79 Å². The monoisotopic (exact) mass is 388 g/mol. The first-order valence-corrected chi connectivity index (χ1v) is 8.06. The summed E-state index contributed by atoms with van der Waals surface area (Å²) in [6.45, 7) is 0. The molecule has 2 rings (SSSR count). The highest BCUT2D eigenvalue weighted by atomic mass is 79.9. The van der Waals surface area contributed by atoms with E-state index < -0.39 is 27.6 Å². The van der Waals surface area contributed by atoms with Gasteiger partial charge in [-0.15, -0.1) is 11.3 Å². The average molecular weight is 390 g/mol. The predicted molar refractivity (Wildman–Crippen MR) is 72.0 cm³/mol. The van der Waals surface area contributed by atoms with E-state index in [0.717, 1.165) is 23.5 Å². The second-order valence-corrected chi connectivity index (χ2v) is 7.95. The standard InChI is InChI=1S/C9H4BrClF2N2O2S2/c10-8-4(11)3-7(18-8)19(16,17)15-5-1-2-6(12)14-9(5)13/h1-3,15H. The summed E-state index contributed by atoms with van der Waals surface area (Å²) in [6, 6.07) is 3.01. The summed E-state index contributed by atoms with van der Waals surface area (Å²) >= 11 is 9.67. The Morgan fingerprint density at radius 3 is 2.58 bits per heavy atom. The fourth-order valence-electron chi connectivity index (χ4n) is 1.14. The van der Waals surface area contributed by atoms with Gasteiger partial charge in [0.25, 0.3) is 10.0 Å². The lowest BCUT2D eigenvalue weighted by molar-refractivity contribution is 0.515. The zero-order valence-electron chi connectivity index (χ0n) is 8.82. The van der Waals surface area contributed by atoms with Crippen LogP contribution in [0.2, 0.25) is 5.02 Å². The van der Waals surface area contributed by atoms with Gasteiger partial charge in [-0.05, 0) is 34.1 Å². The van der Waals surface area contributed by atoms with Crippen LogP contribution in [0, 0.1) is 11.9 Å². The third kappa shape index (κ3) is 3.22. The lowest BCUT2D eigenvalue weighted by Crippen LogP contribution is -2.13. The Labute approximate surface area is 124 Å². The molecule has 1 N–H and O–H groups in total. The molecule has 0 unspecified atom stereocenters. The fourth-order valence-corrected chi connectivity index (χ4v) is 4.59. The molecule has 0 saturated carbocycles. The van der Waals surface area contributed by atoms with Crippen LogP contribution in [0.15, 0.2) is 26.2 Å². The number of thiophene rings is 1. The van der Waals surface area contributed by atoms with Crippen LogP contribution in [-0.4, -0.2) is 13.4 Å². The first-order chi connectivity index (χ1) is 8.79. The summed E-state index contributed by atoms with van der Waals surface area (Å²) in [4.78, 5) is 2.88. The van der Waals surface area contributed by atoms with E-state index in [9.17, 15) is 17.2 Å². The third-order valence-corrected chi connectivity index (χ3v) is 6.26. The maximum atomic E-state index is 13.3. The molecule has 102 valence electrons. The zero-order chi connectivity index (χ0) is 14.2. The van der Waals surface area contributed by atoms with Crippen LogP contribution in [0.5, 0.6) is 0 Å². The van der Waals surface area contributed by atoms with Gasteiger partial charge in [0, 0.05) is 0 Å². The van der Waals surface area contributed by atoms with Crippen LogP contribution in [-0.2, 0) is 10.0 Å². The smallest absolute Gasteiger partial charge is 0.271 e. The van der Waals surface area contributed by atoms with Crippen molar-refractivity contribution in [3.63, 3.8) is 0 Å². The molecule has 0 radical (unpaired) electrons. The first-order valence-electron chi connectivity index (χ1n) is 4.59. The Morgan fingerprint density at radius 2 is 2.05 bits per heavy atom. The van der Waals surface area contributed by atoms with Crippen molar-refractivity contribution in [2.45, 2.75) is 4.21 Å². The van der Waals surface area contributed by atoms with Gasteiger partial charge in [-0.1, -0.05) is 11.6 Å². The highest BCUT2D eigenvalue weighted by molar-refractivity contribution is 9.11. The number of rotatable bonds is 3. The van der Waals surface area contributed by atoms with Crippen LogP contribution in [0.3, 0.4) is 0 Å². The molecule has 0 aromatic carbocycles. The number of hydrogen-bond acceptors (Lipinski definition) is 4. The molecule has 10 heteroatoms. The Morgan fingerprint density at radius 1 is 1.37 bits per heavy atom. The predicted octanol–water partition coefficient (Wildman–Crippen LogP) is 3.64. The van der Waals surface area contributed by atoms with E-state index in [1.807, 2.05) is 4.72 Å². The van der Waals surface area contributed by atoms with Crippen molar-refractivity contribution in [3.8, 4) is 0 Å². The first kappa shape index (κ1) is 14.6.